The molecule has 1 aromatic rings. The third-order valence-electron chi connectivity index (χ3n) is 3.98. The highest BCUT2D eigenvalue weighted by atomic mass is 35.5. The summed E-state index contributed by atoms with van der Waals surface area (Å²) >= 11 is 6.12. The van der Waals surface area contributed by atoms with E-state index in [0.717, 1.165) is 36.5 Å². The molecule has 2 N–H and O–H groups in total. The Hall–Kier alpha value is -0.930. The second-order valence-electron chi connectivity index (χ2n) is 5.63. The van der Waals surface area contributed by atoms with Gasteiger partial charge in [0.05, 0.1) is 13.2 Å². The molecule has 1 aliphatic rings. The number of rotatable bonds is 5. The molecule has 0 aliphatic heterocycles. The van der Waals surface area contributed by atoms with E-state index in [1.165, 1.54) is 12.8 Å². The first-order chi connectivity index (χ1) is 9.63. The Kier molecular flexibility index (Phi) is 5.55. The van der Waals surface area contributed by atoms with Crippen molar-refractivity contribution in [3.8, 4) is 11.5 Å². The number of nitrogens with two attached hydrogens (primary N) is 1. The van der Waals surface area contributed by atoms with Crippen LogP contribution in [-0.2, 0) is 6.42 Å². The van der Waals surface area contributed by atoms with Crippen molar-refractivity contribution in [1.29, 1.82) is 0 Å². The third kappa shape index (κ3) is 3.80. The molecule has 0 amide bonds. The van der Waals surface area contributed by atoms with Crippen LogP contribution in [0.25, 0.3) is 0 Å². The topological polar surface area (TPSA) is 44.5 Å². The Balaban J connectivity index is 2.19. The van der Waals surface area contributed by atoms with Gasteiger partial charge >= 0.3 is 0 Å². The molecule has 112 valence electrons. The van der Waals surface area contributed by atoms with E-state index in [4.69, 9.17) is 26.8 Å². The van der Waals surface area contributed by atoms with Gasteiger partial charge in [0.15, 0.2) is 11.5 Å². The fourth-order valence-electron chi connectivity index (χ4n) is 2.76. The molecule has 0 bridgehead atoms. The lowest BCUT2D eigenvalue weighted by Gasteiger charge is -2.28. The van der Waals surface area contributed by atoms with Gasteiger partial charge in [0.2, 0.25) is 0 Å². The molecule has 0 spiro atoms. The predicted octanol–water partition coefficient (Wildman–Crippen LogP) is 3.81. The Morgan fingerprint density at radius 2 is 1.95 bits per heavy atom. The first kappa shape index (κ1) is 15.5. The van der Waals surface area contributed by atoms with E-state index in [2.05, 4.69) is 6.92 Å². The van der Waals surface area contributed by atoms with E-state index in [1.54, 1.807) is 7.11 Å². The maximum atomic E-state index is 6.23. The van der Waals surface area contributed by atoms with Crippen LogP contribution in [0.3, 0.4) is 0 Å². The smallest absolute Gasteiger partial charge is 0.164 e. The SMILES string of the molecule is COc1cc(Cl)cc(CCN)c1OC1CCC(C)CC1. The standard InChI is InChI=1S/C16H24ClNO2/c1-11-3-5-14(6-4-11)20-16-12(7-8-18)9-13(17)10-15(16)19-2/h9-11,14H,3-8,18H2,1-2H3. The van der Waals surface area contributed by atoms with Gasteiger partial charge in [0, 0.05) is 16.7 Å². The molecule has 3 nitrogen and oxygen atoms in total. The Morgan fingerprint density at radius 3 is 2.55 bits per heavy atom. The number of ether oxygens (including phenoxy) is 2. The van der Waals surface area contributed by atoms with Crippen LogP contribution in [0, 0.1) is 5.92 Å². The fraction of sp³-hybridized carbons (Fsp3) is 0.625. The largest absolute Gasteiger partial charge is 0.493 e. The van der Waals surface area contributed by atoms with E-state index < -0.39 is 0 Å². The van der Waals surface area contributed by atoms with Gasteiger partial charge in [-0.3, -0.25) is 0 Å². The van der Waals surface area contributed by atoms with E-state index in [9.17, 15) is 0 Å². The highest BCUT2D eigenvalue weighted by Gasteiger charge is 2.22. The van der Waals surface area contributed by atoms with Crippen molar-refractivity contribution in [2.45, 2.75) is 45.1 Å². The molecular formula is C16H24ClNO2. The number of hydrogen-bond acceptors (Lipinski definition) is 3. The third-order valence-corrected chi connectivity index (χ3v) is 4.20. The summed E-state index contributed by atoms with van der Waals surface area (Å²) in [6.45, 7) is 2.88. The quantitative estimate of drug-likeness (QED) is 0.899. The average molecular weight is 298 g/mol. The van der Waals surface area contributed by atoms with Gasteiger partial charge in [-0.2, -0.15) is 0 Å². The Morgan fingerprint density at radius 1 is 1.25 bits per heavy atom. The molecule has 0 heterocycles. The number of hydrogen-bond donors (Lipinski definition) is 1. The monoisotopic (exact) mass is 297 g/mol. The molecule has 1 fully saturated rings. The summed E-state index contributed by atoms with van der Waals surface area (Å²) in [6, 6.07) is 3.74. The summed E-state index contributed by atoms with van der Waals surface area (Å²) in [5, 5.41) is 0.662. The molecule has 1 aromatic carbocycles. The summed E-state index contributed by atoms with van der Waals surface area (Å²) < 4.78 is 11.7. The van der Waals surface area contributed by atoms with Crippen LogP contribution in [-0.4, -0.2) is 19.8 Å². The van der Waals surface area contributed by atoms with E-state index >= 15 is 0 Å². The van der Waals surface area contributed by atoms with Gasteiger partial charge in [-0.25, -0.2) is 0 Å². The second-order valence-corrected chi connectivity index (χ2v) is 6.07. The molecule has 2 rings (SSSR count). The summed E-state index contributed by atoms with van der Waals surface area (Å²) in [5.41, 5.74) is 6.72. The molecule has 4 heteroatoms. The lowest BCUT2D eigenvalue weighted by molar-refractivity contribution is 0.130. The summed E-state index contributed by atoms with van der Waals surface area (Å²) in [6.07, 6.45) is 5.69. The number of halogens is 1. The van der Waals surface area contributed by atoms with Gasteiger partial charge < -0.3 is 15.2 Å². The number of benzene rings is 1. The first-order valence-corrected chi connectivity index (χ1v) is 7.75. The molecule has 20 heavy (non-hydrogen) atoms. The fourth-order valence-corrected chi connectivity index (χ4v) is 2.99. The summed E-state index contributed by atoms with van der Waals surface area (Å²) in [7, 11) is 1.65. The van der Waals surface area contributed by atoms with Gasteiger partial charge in [-0.1, -0.05) is 18.5 Å². The first-order valence-electron chi connectivity index (χ1n) is 7.37. The van der Waals surface area contributed by atoms with Gasteiger partial charge in [-0.15, -0.1) is 0 Å². The minimum atomic E-state index is 0.276. The molecule has 0 saturated heterocycles. The Bertz CT molecular complexity index is 442. The molecule has 0 aromatic heterocycles. The van der Waals surface area contributed by atoms with Crippen molar-refractivity contribution in [3.63, 3.8) is 0 Å². The maximum Gasteiger partial charge on any atom is 0.164 e. The Labute approximate surface area is 126 Å². The molecular weight excluding hydrogens is 274 g/mol. The molecule has 1 aliphatic carbocycles. The van der Waals surface area contributed by atoms with Crippen molar-refractivity contribution >= 4 is 11.6 Å². The minimum absolute atomic E-state index is 0.276. The van der Waals surface area contributed by atoms with Crippen molar-refractivity contribution < 1.29 is 9.47 Å². The van der Waals surface area contributed by atoms with Crippen LogP contribution in [0.1, 0.15) is 38.2 Å². The highest BCUT2D eigenvalue weighted by Crippen LogP contribution is 2.37. The van der Waals surface area contributed by atoms with E-state index in [1.807, 2.05) is 12.1 Å². The van der Waals surface area contributed by atoms with Crippen molar-refractivity contribution in [3.05, 3.63) is 22.7 Å². The second kappa shape index (κ2) is 7.19. The average Bonchev–Trinajstić information content (AvgIpc) is 2.44. The maximum absolute atomic E-state index is 6.23. The van der Waals surface area contributed by atoms with Gasteiger partial charge in [0.1, 0.15) is 0 Å². The van der Waals surface area contributed by atoms with Crippen molar-refractivity contribution in [2.75, 3.05) is 13.7 Å². The van der Waals surface area contributed by atoms with Gasteiger partial charge in [0.25, 0.3) is 0 Å². The van der Waals surface area contributed by atoms with Crippen LogP contribution in [0.2, 0.25) is 5.02 Å². The predicted molar refractivity (Wildman–Crippen MR) is 82.8 cm³/mol. The summed E-state index contributed by atoms with van der Waals surface area (Å²) in [4.78, 5) is 0. The van der Waals surface area contributed by atoms with Crippen molar-refractivity contribution in [2.24, 2.45) is 11.7 Å². The molecule has 1 saturated carbocycles. The van der Waals surface area contributed by atoms with Crippen molar-refractivity contribution in [1.82, 2.24) is 0 Å². The van der Waals surface area contributed by atoms with Crippen LogP contribution in [0.5, 0.6) is 11.5 Å². The lowest BCUT2D eigenvalue weighted by Crippen LogP contribution is -2.24. The van der Waals surface area contributed by atoms with Crippen LogP contribution in [0.4, 0.5) is 0 Å². The number of methoxy groups -OCH3 is 1. The highest BCUT2D eigenvalue weighted by molar-refractivity contribution is 6.30. The van der Waals surface area contributed by atoms with E-state index in [-0.39, 0.29) is 6.10 Å². The zero-order valence-corrected chi connectivity index (χ0v) is 13.1. The van der Waals surface area contributed by atoms with Crippen LogP contribution in [0.15, 0.2) is 12.1 Å². The zero-order chi connectivity index (χ0) is 14.5. The molecule has 0 radical (unpaired) electrons. The van der Waals surface area contributed by atoms with Crippen LogP contribution < -0.4 is 15.2 Å². The zero-order valence-electron chi connectivity index (χ0n) is 12.3. The summed E-state index contributed by atoms with van der Waals surface area (Å²) in [5.74, 6) is 2.34. The normalized spacial score (nSPS) is 22.6. The lowest BCUT2D eigenvalue weighted by atomic mass is 9.89. The van der Waals surface area contributed by atoms with Crippen LogP contribution >= 0.6 is 11.6 Å². The van der Waals surface area contributed by atoms with E-state index in [0.29, 0.717) is 17.3 Å². The molecule has 0 unspecified atom stereocenters. The molecule has 0 atom stereocenters. The minimum Gasteiger partial charge on any atom is -0.493 e. The van der Waals surface area contributed by atoms with Gasteiger partial charge in [-0.05, 0) is 50.6 Å².